The molecule has 0 aliphatic heterocycles. The average molecular weight is 234 g/mol. The van der Waals surface area contributed by atoms with Crippen LogP contribution in [0.25, 0.3) is 0 Å². The van der Waals surface area contributed by atoms with Gasteiger partial charge in [0, 0.05) is 6.54 Å². The highest BCUT2D eigenvalue weighted by molar-refractivity contribution is 7.90. The first-order valence-corrected chi connectivity index (χ1v) is 6.86. The lowest BCUT2D eigenvalue weighted by Gasteiger charge is -2.38. The van der Waals surface area contributed by atoms with Crippen LogP contribution in [0.5, 0.6) is 0 Å². The smallest absolute Gasteiger partial charge is 0.240 e. The molecule has 1 amide bonds. The summed E-state index contributed by atoms with van der Waals surface area (Å²) < 4.78 is 24.8. The van der Waals surface area contributed by atoms with Crippen molar-refractivity contribution < 1.29 is 13.2 Å². The highest BCUT2D eigenvalue weighted by atomic mass is 32.2. The van der Waals surface area contributed by atoms with E-state index < -0.39 is 21.3 Å². The summed E-state index contributed by atoms with van der Waals surface area (Å²) in [7, 11) is -3.46. The summed E-state index contributed by atoms with van der Waals surface area (Å²) in [5, 5.41) is 0. The SMILES string of the molecule is CCCS(=O)(=O)NC(=O)C1(CN)CCC1. The maximum absolute atomic E-state index is 11.7. The standard InChI is InChI=1S/C9H18N2O3S/c1-2-6-15(13,14)11-8(12)9(7-10)4-3-5-9/h2-7,10H2,1H3,(H,11,12). The second-order valence-corrected chi connectivity index (χ2v) is 5.93. The van der Waals surface area contributed by atoms with E-state index in [1.807, 2.05) is 0 Å². The van der Waals surface area contributed by atoms with Gasteiger partial charge in [-0.25, -0.2) is 8.42 Å². The van der Waals surface area contributed by atoms with Gasteiger partial charge in [0.15, 0.2) is 0 Å². The van der Waals surface area contributed by atoms with Gasteiger partial charge in [0.05, 0.1) is 11.2 Å². The predicted octanol–water partition coefficient (Wildman–Crippen LogP) is -0.0286. The first kappa shape index (κ1) is 12.4. The Hall–Kier alpha value is -0.620. The molecule has 15 heavy (non-hydrogen) atoms. The topological polar surface area (TPSA) is 89.3 Å². The van der Waals surface area contributed by atoms with Crippen molar-refractivity contribution in [3.63, 3.8) is 0 Å². The molecule has 0 aromatic heterocycles. The van der Waals surface area contributed by atoms with E-state index in [1.54, 1.807) is 6.92 Å². The van der Waals surface area contributed by atoms with Crippen molar-refractivity contribution in [2.24, 2.45) is 11.1 Å². The largest absolute Gasteiger partial charge is 0.329 e. The maximum atomic E-state index is 11.7. The lowest BCUT2D eigenvalue weighted by molar-refractivity contribution is -0.133. The number of sulfonamides is 1. The summed E-state index contributed by atoms with van der Waals surface area (Å²) in [5.74, 6) is -0.441. The number of hydrogen-bond donors (Lipinski definition) is 2. The Bertz CT molecular complexity index is 328. The molecule has 1 rings (SSSR count). The molecule has 0 atom stereocenters. The number of carbonyl (C=O) groups excluding carboxylic acids is 1. The summed E-state index contributed by atoms with van der Waals surface area (Å²) in [4.78, 5) is 11.7. The maximum Gasteiger partial charge on any atom is 0.240 e. The third-order valence-corrected chi connectivity index (χ3v) is 4.35. The highest BCUT2D eigenvalue weighted by Gasteiger charge is 2.44. The van der Waals surface area contributed by atoms with E-state index in [0.29, 0.717) is 19.3 Å². The fraction of sp³-hybridized carbons (Fsp3) is 0.889. The van der Waals surface area contributed by atoms with Crippen LogP contribution in [0.2, 0.25) is 0 Å². The minimum atomic E-state index is -3.46. The Balaban J connectivity index is 2.63. The van der Waals surface area contributed by atoms with Crippen LogP contribution in [-0.2, 0) is 14.8 Å². The van der Waals surface area contributed by atoms with Crippen molar-refractivity contribution in [2.45, 2.75) is 32.6 Å². The van der Waals surface area contributed by atoms with E-state index in [1.165, 1.54) is 0 Å². The molecule has 0 aromatic carbocycles. The molecule has 1 saturated carbocycles. The molecule has 88 valence electrons. The number of carbonyl (C=O) groups is 1. The Morgan fingerprint density at radius 1 is 1.47 bits per heavy atom. The molecule has 0 saturated heterocycles. The van der Waals surface area contributed by atoms with Crippen LogP contribution in [0.3, 0.4) is 0 Å². The molecule has 0 spiro atoms. The van der Waals surface area contributed by atoms with E-state index in [2.05, 4.69) is 4.72 Å². The van der Waals surface area contributed by atoms with Crippen molar-refractivity contribution in [3.05, 3.63) is 0 Å². The van der Waals surface area contributed by atoms with E-state index in [0.717, 1.165) is 6.42 Å². The van der Waals surface area contributed by atoms with Crippen LogP contribution in [0.4, 0.5) is 0 Å². The van der Waals surface area contributed by atoms with Crippen molar-refractivity contribution in [1.29, 1.82) is 0 Å². The minimum Gasteiger partial charge on any atom is -0.329 e. The van der Waals surface area contributed by atoms with Gasteiger partial charge in [0.25, 0.3) is 0 Å². The molecule has 6 heteroatoms. The van der Waals surface area contributed by atoms with Crippen molar-refractivity contribution in [1.82, 2.24) is 4.72 Å². The molecule has 0 radical (unpaired) electrons. The van der Waals surface area contributed by atoms with Gasteiger partial charge in [-0.2, -0.15) is 0 Å². The van der Waals surface area contributed by atoms with Gasteiger partial charge in [-0.15, -0.1) is 0 Å². The first-order chi connectivity index (χ1) is 6.96. The van der Waals surface area contributed by atoms with E-state index in [4.69, 9.17) is 5.73 Å². The van der Waals surface area contributed by atoms with Gasteiger partial charge in [-0.3, -0.25) is 9.52 Å². The molecule has 1 fully saturated rings. The molecule has 1 aliphatic carbocycles. The van der Waals surface area contributed by atoms with Crippen molar-refractivity contribution >= 4 is 15.9 Å². The van der Waals surface area contributed by atoms with Crippen LogP contribution >= 0.6 is 0 Å². The van der Waals surface area contributed by atoms with Gasteiger partial charge in [0.2, 0.25) is 15.9 Å². The first-order valence-electron chi connectivity index (χ1n) is 5.21. The molecule has 1 aliphatic rings. The molecule has 5 nitrogen and oxygen atoms in total. The third-order valence-electron chi connectivity index (χ3n) is 2.90. The molecule has 0 heterocycles. The zero-order valence-electron chi connectivity index (χ0n) is 8.95. The average Bonchev–Trinajstić information content (AvgIpc) is 2.01. The monoisotopic (exact) mass is 234 g/mol. The number of hydrogen-bond acceptors (Lipinski definition) is 4. The van der Waals surface area contributed by atoms with E-state index in [9.17, 15) is 13.2 Å². The second kappa shape index (κ2) is 4.49. The van der Waals surface area contributed by atoms with Gasteiger partial charge in [-0.1, -0.05) is 13.3 Å². The van der Waals surface area contributed by atoms with Crippen LogP contribution in [0, 0.1) is 5.41 Å². The zero-order chi connectivity index (χ0) is 11.5. The lowest BCUT2D eigenvalue weighted by atomic mass is 9.68. The van der Waals surface area contributed by atoms with Crippen molar-refractivity contribution in [3.8, 4) is 0 Å². The summed E-state index contributed by atoms with van der Waals surface area (Å²) >= 11 is 0. The van der Waals surface area contributed by atoms with Crippen LogP contribution in [-0.4, -0.2) is 26.6 Å². The molecular formula is C9H18N2O3S. The highest BCUT2D eigenvalue weighted by Crippen LogP contribution is 2.40. The second-order valence-electron chi connectivity index (χ2n) is 4.09. The summed E-state index contributed by atoms with van der Waals surface area (Å²) in [6.07, 6.45) is 2.82. The number of nitrogens with two attached hydrogens (primary N) is 1. The minimum absolute atomic E-state index is 0.0145. The zero-order valence-corrected chi connectivity index (χ0v) is 9.77. The molecule has 0 bridgehead atoms. The Kier molecular flexibility index (Phi) is 3.72. The van der Waals surface area contributed by atoms with Crippen molar-refractivity contribution in [2.75, 3.05) is 12.3 Å². The fourth-order valence-corrected chi connectivity index (χ4v) is 2.84. The normalized spacial score (nSPS) is 19.3. The Labute approximate surface area is 90.5 Å². The third kappa shape index (κ3) is 2.69. The quantitative estimate of drug-likeness (QED) is 0.699. The Morgan fingerprint density at radius 2 is 2.07 bits per heavy atom. The molecule has 0 aromatic rings. The lowest BCUT2D eigenvalue weighted by Crippen LogP contribution is -2.52. The number of nitrogens with one attached hydrogen (secondary N) is 1. The summed E-state index contributed by atoms with van der Waals surface area (Å²) in [5.41, 5.74) is 4.88. The summed E-state index contributed by atoms with van der Waals surface area (Å²) in [6, 6.07) is 0. The van der Waals surface area contributed by atoms with Crippen LogP contribution in [0.15, 0.2) is 0 Å². The number of amides is 1. The molecule has 0 unspecified atom stereocenters. The van der Waals surface area contributed by atoms with Gasteiger partial charge in [0.1, 0.15) is 0 Å². The van der Waals surface area contributed by atoms with Gasteiger partial charge >= 0.3 is 0 Å². The van der Waals surface area contributed by atoms with Crippen LogP contribution < -0.4 is 10.5 Å². The van der Waals surface area contributed by atoms with E-state index in [-0.39, 0.29) is 12.3 Å². The van der Waals surface area contributed by atoms with E-state index >= 15 is 0 Å². The molecular weight excluding hydrogens is 216 g/mol. The number of rotatable bonds is 5. The van der Waals surface area contributed by atoms with Crippen LogP contribution in [0.1, 0.15) is 32.6 Å². The fourth-order valence-electron chi connectivity index (χ4n) is 1.70. The predicted molar refractivity (Wildman–Crippen MR) is 57.6 cm³/mol. The molecule has 3 N–H and O–H groups in total. The van der Waals surface area contributed by atoms with Gasteiger partial charge < -0.3 is 5.73 Å². The Morgan fingerprint density at radius 3 is 2.40 bits per heavy atom. The van der Waals surface area contributed by atoms with Gasteiger partial charge in [-0.05, 0) is 19.3 Å². The summed E-state index contributed by atoms with van der Waals surface area (Å²) in [6.45, 7) is 1.98.